The first kappa shape index (κ1) is 40.7. The third kappa shape index (κ3) is 16.5. The molecule has 44 heavy (non-hydrogen) atoms. The summed E-state index contributed by atoms with van der Waals surface area (Å²) in [6, 6.07) is 12.1. The molecule has 0 bridgehead atoms. The van der Waals surface area contributed by atoms with Crippen LogP contribution in [0.5, 0.6) is 0 Å². The highest BCUT2D eigenvalue weighted by Gasteiger charge is 2.22. The van der Waals surface area contributed by atoms with Gasteiger partial charge in [0.1, 0.15) is 12.4 Å². The van der Waals surface area contributed by atoms with Crippen molar-refractivity contribution >= 4 is 5.84 Å². The normalized spacial score (nSPS) is 15.3. The van der Waals surface area contributed by atoms with Gasteiger partial charge in [-0.1, -0.05) is 93.9 Å². The van der Waals surface area contributed by atoms with Gasteiger partial charge in [-0.25, -0.2) is 9.38 Å². The van der Waals surface area contributed by atoms with Crippen LogP contribution in [0.15, 0.2) is 93.9 Å². The summed E-state index contributed by atoms with van der Waals surface area (Å²) in [4.78, 5) is 7.49. The molecular formula is C36H56FN3O4. The van der Waals surface area contributed by atoms with Crippen LogP contribution in [-0.2, 0) is 18.0 Å². The third-order valence-corrected chi connectivity index (χ3v) is 6.31. The maximum absolute atomic E-state index is 10.5. The SMILES string of the molecule is C/C=C/F.C/C=C\CN1CC(=C/CC)/C(=C\C(C)c2cc(COCc3ccccc3)on2)N=C1CCCCCO.CC.CO. The molecule has 0 saturated carbocycles. The van der Waals surface area contributed by atoms with E-state index in [1.54, 1.807) is 6.92 Å². The van der Waals surface area contributed by atoms with Crippen molar-refractivity contribution in [1.29, 1.82) is 0 Å². The largest absolute Gasteiger partial charge is 0.400 e. The Hall–Kier alpha value is -3.33. The average Bonchev–Trinajstić information content (AvgIpc) is 3.55. The van der Waals surface area contributed by atoms with Crippen molar-refractivity contribution in [2.75, 3.05) is 26.8 Å². The molecule has 0 radical (unpaired) electrons. The van der Waals surface area contributed by atoms with Crippen molar-refractivity contribution in [1.82, 2.24) is 10.1 Å². The fourth-order valence-corrected chi connectivity index (χ4v) is 4.19. The second kappa shape index (κ2) is 27.2. The van der Waals surface area contributed by atoms with Gasteiger partial charge in [0.25, 0.3) is 0 Å². The van der Waals surface area contributed by atoms with Crippen LogP contribution in [0.1, 0.15) is 96.6 Å². The summed E-state index contributed by atoms with van der Waals surface area (Å²) in [5.41, 5.74) is 4.30. The van der Waals surface area contributed by atoms with Gasteiger partial charge in [0.2, 0.25) is 0 Å². The zero-order valence-corrected chi connectivity index (χ0v) is 28.0. The standard InChI is InChI=1S/C30H41N3O3.C3H5F.C2H6.CH4O/c1-4-6-17-33-21-26(13-5-2)29(31-30(33)16-11-8-12-18-34)19-24(3)28-20-27(36-32-28)23-35-22-25-14-9-7-10-15-25;1-2-3-4;2*1-2/h4,6-7,9-10,13-15,19-20,24,34H,5,8,11-12,16-18,21-23H2,1-3H3;2-3H,1H3;1-2H3;2H,1H3/b6-4-,26-13-,29-19+;3-2+;;. The number of amidine groups is 1. The van der Waals surface area contributed by atoms with Gasteiger partial charge in [-0.15, -0.1) is 0 Å². The maximum Gasteiger partial charge on any atom is 0.162 e. The predicted molar refractivity (Wildman–Crippen MR) is 181 cm³/mol. The van der Waals surface area contributed by atoms with Crippen molar-refractivity contribution in [3.05, 3.63) is 101 Å². The minimum Gasteiger partial charge on any atom is -0.400 e. The molecule has 1 atom stereocenters. The maximum atomic E-state index is 10.5. The highest BCUT2D eigenvalue weighted by molar-refractivity contribution is 5.85. The van der Waals surface area contributed by atoms with E-state index in [4.69, 9.17) is 24.5 Å². The van der Waals surface area contributed by atoms with E-state index >= 15 is 0 Å². The smallest absolute Gasteiger partial charge is 0.162 e. The van der Waals surface area contributed by atoms with Gasteiger partial charge >= 0.3 is 0 Å². The molecule has 2 heterocycles. The van der Waals surface area contributed by atoms with E-state index < -0.39 is 0 Å². The van der Waals surface area contributed by atoms with E-state index in [2.05, 4.69) is 55.1 Å². The van der Waals surface area contributed by atoms with Crippen LogP contribution in [0, 0.1) is 0 Å². The number of halogens is 1. The number of aliphatic hydroxyl groups is 2. The van der Waals surface area contributed by atoms with Crippen LogP contribution in [0.3, 0.4) is 0 Å². The van der Waals surface area contributed by atoms with Crippen LogP contribution in [-0.4, -0.2) is 52.9 Å². The highest BCUT2D eigenvalue weighted by Crippen LogP contribution is 2.27. The third-order valence-electron chi connectivity index (χ3n) is 6.31. The first-order valence-corrected chi connectivity index (χ1v) is 15.7. The van der Waals surface area contributed by atoms with Gasteiger partial charge in [0.15, 0.2) is 5.76 Å². The number of hydrogen-bond acceptors (Lipinski definition) is 7. The summed E-state index contributed by atoms with van der Waals surface area (Å²) in [6.45, 7) is 14.9. The summed E-state index contributed by atoms with van der Waals surface area (Å²) < 4.78 is 21.9. The number of aliphatic hydroxyl groups excluding tert-OH is 2. The number of aliphatic imine (C=N–C) groups is 1. The first-order valence-electron chi connectivity index (χ1n) is 15.7. The number of aromatic nitrogens is 1. The number of unbranched alkanes of at least 4 members (excludes halogenated alkanes) is 2. The molecule has 246 valence electrons. The summed E-state index contributed by atoms with van der Waals surface area (Å²) in [5, 5.41) is 20.4. The molecular weight excluding hydrogens is 557 g/mol. The monoisotopic (exact) mass is 613 g/mol. The van der Waals surface area contributed by atoms with Crippen molar-refractivity contribution in [2.45, 2.75) is 92.8 Å². The number of benzene rings is 1. The second-order valence-electron chi connectivity index (χ2n) is 9.65. The van der Waals surface area contributed by atoms with Crippen molar-refractivity contribution < 1.29 is 23.9 Å². The summed E-state index contributed by atoms with van der Waals surface area (Å²) in [5.74, 6) is 1.91. The second-order valence-corrected chi connectivity index (χ2v) is 9.65. The molecule has 2 N–H and O–H groups in total. The number of allylic oxidation sites excluding steroid dienone is 4. The van der Waals surface area contributed by atoms with Gasteiger partial charge in [-0.2, -0.15) is 0 Å². The van der Waals surface area contributed by atoms with Gasteiger partial charge in [-0.3, -0.25) is 0 Å². The summed E-state index contributed by atoms with van der Waals surface area (Å²) >= 11 is 0. The van der Waals surface area contributed by atoms with Crippen molar-refractivity contribution in [3.8, 4) is 0 Å². The van der Waals surface area contributed by atoms with Crippen molar-refractivity contribution in [2.24, 2.45) is 4.99 Å². The van der Waals surface area contributed by atoms with E-state index in [0.717, 1.165) is 80.9 Å². The lowest BCUT2D eigenvalue weighted by Gasteiger charge is -2.32. The molecule has 1 aromatic carbocycles. The molecule has 1 unspecified atom stereocenters. The molecule has 0 fully saturated rings. The Bertz CT molecular complexity index is 1120. The minimum absolute atomic E-state index is 0.0633. The Morgan fingerprint density at radius 2 is 1.77 bits per heavy atom. The van der Waals surface area contributed by atoms with Crippen LogP contribution in [0.4, 0.5) is 4.39 Å². The van der Waals surface area contributed by atoms with Gasteiger partial charge in [0, 0.05) is 45.2 Å². The Morgan fingerprint density at radius 3 is 2.39 bits per heavy atom. The Kier molecular flexibility index (Phi) is 25.2. The minimum atomic E-state index is 0.0633. The van der Waals surface area contributed by atoms with Crippen LogP contribution in [0.25, 0.3) is 0 Å². The number of hydrogen-bond donors (Lipinski definition) is 2. The van der Waals surface area contributed by atoms with Gasteiger partial charge < -0.3 is 24.4 Å². The Morgan fingerprint density at radius 1 is 1.07 bits per heavy atom. The van der Waals surface area contributed by atoms with E-state index in [9.17, 15) is 4.39 Å². The number of ether oxygens (including phenoxy) is 1. The fraction of sp³-hybridized carbons (Fsp3) is 0.500. The van der Waals surface area contributed by atoms with Crippen LogP contribution >= 0.6 is 0 Å². The van der Waals surface area contributed by atoms with E-state index in [1.807, 2.05) is 50.2 Å². The van der Waals surface area contributed by atoms with E-state index in [1.165, 1.54) is 11.6 Å². The zero-order chi connectivity index (χ0) is 33.0. The summed E-state index contributed by atoms with van der Waals surface area (Å²) in [7, 11) is 1.00. The lowest BCUT2D eigenvalue weighted by atomic mass is 10.00. The molecule has 2 aromatic rings. The summed E-state index contributed by atoms with van der Waals surface area (Å²) in [6.07, 6.45) is 15.3. The highest BCUT2D eigenvalue weighted by atomic mass is 19.1. The number of rotatable bonds is 14. The zero-order valence-electron chi connectivity index (χ0n) is 28.0. The van der Waals surface area contributed by atoms with Crippen LogP contribution < -0.4 is 0 Å². The molecule has 1 aromatic heterocycles. The average molecular weight is 614 g/mol. The lowest BCUT2D eigenvalue weighted by Crippen LogP contribution is -2.36. The molecule has 0 spiro atoms. The topological polar surface area (TPSA) is 91.3 Å². The fourth-order valence-electron chi connectivity index (χ4n) is 4.19. The molecule has 3 rings (SSSR count). The van der Waals surface area contributed by atoms with Crippen LogP contribution in [0.2, 0.25) is 0 Å². The lowest BCUT2D eigenvalue weighted by molar-refractivity contribution is 0.0883. The van der Waals surface area contributed by atoms with E-state index in [-0.39, 0.29) is 12.5 Å². The molecule has 0 aliphatic carbocycles. The predicted octanol–water partition coefficient (Wildman–Crippen LogP) is 8.68. The Labute approximate surface area is 265 Å². The van der Waals surface area contributed by atoms with Gasteiger partial charge in [0.05, 0.1) is 24.3 Å². The van der Waals surface area contributed by atoms with E-state index in [0.29, 0.717) is 19.5 Å². The Balaban J connectivity index is 0.00000210. The molecule has 8 heteroatoms. The van der Waals surface area contributed by atoms with Gasteiger partial charge in [-0.05, 0) is 50.3 Å². The van der Waals surface area contributed by atoms with Crippen molar-refractivity contribution in [3.63, 3.8) is 0 Å². The quantitative estimate of drug-likeness (QED) is 0.164. The first-order chi connectivity index (χ1) is 21.6. The molecule has 0 amide bonds. The number of nitrogens with zero attached hydrogens (tertiary/aromatic N) is 3. The molecule has 1 aliphatic rings. The molecule has 1 aliphatic heterocycles. The molecule has 0 saturated heterocycles. The molecule has 7 nitrogen and oxygen atoms in total.